The molecule has 2 rings (SSSR count). The fraction of sp³-hybridized carbons (Fsp3) is 0.500. The Balaban J connectivity index is 2.06. The van der Waals surface area contributed by atoms with Crippen LogP contribution in [0, 0.1) is 0 Å². The Hall–Kier alpha value is -1.62. The van der Waals surface area contributed by atoms with Crippen molar-refractivity contribution in [2.24, 2.45) is 0 Å². The van der Waals surface area contributed by atoms with Gasteiger partial charge in [-0.2, -0.15) is 0 Å². The fourth-order valence-electron chi connectivity index (χ4n) is 2.04. The SMILES string of the molecule is C[C@@H]1CNCCN1C(=O)Cn1ccccc1=O. The summed E-state index contributed by atoms with van der Waals surface area (Å²) in [5.41, 5.74) is -0.136. The molecule has 0 aromatic carbocycles. The van der Waals surface area contributed by atoms with Crippen LogP contribution >= 0.6 is 0 Å². The zero-order chi connectivity index (χ0) is 12.3. The fourth-order valence-corrected chi connectivity index (χ4v) is 2.04. The van der Waals surface area contributed by atoms with Crippen LogP contribution in [0.4, 0.5) is 0 Å². The Labute approximate surface area is 100 Å². The number of pyridine rings is 1. The summed E-state index contributed by atoms with van der Waals surface area (Å²) in [7, 11) is 0. The molecule has 0 spiro atoms. The van der Waals surface area contributed by atoms with Gasteiger partial charge in [-0.3, -0.25) is 9.59 Å². The van der Waals surface area contributed by atoms with Crippen LogP contribution in [-0.2, 0) is 11.3 Å². The van der Waals surface area contributed by atoms with Crippen molar-refractivity contribution < 1.29 is 4.79 Å². The minimum absolute atomic E-state index is 0.00676. The van der Waals surface area contributed by atoms with Crippen molar-refractivity contribution >= 4 is 5.91 Å². The van der Waals surface area contributed by atoms with Crippen molar-refractivity contribution in [1.82, 2.24) is 14.8 Å². The molecule has 0 unspecified atom stereocenters. The summed E-state index contributed by atoms with van der Waals surface area (Å²) < 4.78 is 1.44. The van der Waals surface area contributed by atoms with Gasteiger partial charge in [0, 0.05) is 37.9 Å². The highest BCUT2D eigenvalue weighted by Gasteiger charge is 2.22. The quantitative estimate of drug-likeness (QED) is 0.763. The molecular formula is C12H17N3O2. The molecule has 5 heteroatoms. The molecule has 1 N–H and O–H groups in total. The first-order chi connectivity index (χ1) is 8.18. The van der Waals surface area contributed by atoms with E-state index in [4.69, 9.17) is 0 Å². The van der Waals surface area contributed by atoms with Crippen molar-refractivity contribution in [3.63, 3.8) is 0 Å². The largest absolute Gasteiger partial charge is 0.336 e. The predicted octanol–water partition coefficient (Wildman–Crippen LogP) is -0.331. The number of amides is 1. The van der Waals surface area contributed by atoms with Gasteiger partial charge >= 0.3 is 0 Å². The van der Waals surface area contributed by atoms with E-state index in [0.717, 1.165) is 13.1 Å². The first kappa shape index (κ1) is 11.9. The number of carbonyl (C=O) groups is 1. The molecule has 1 aromatic heterocycles. The Bertz CT molecular complexity index is 455. The number of piperazine rings is 1. The van der Waals surface area contributed by atoms with Gasteiger partial charge in [-0.15, -0.1) is 0 Å². The second-order valence-electron chi connectivity index (χ2n) is 4.31. The van der Waals surface area contributed by atoms with E-state index >= 15 is 0 Å². The molecule has 0 radical (unpaired) electrons. The van der Waals surface area contributed by atoms with Crippen LogP contribution in [0.2, 0.25) is 0 Å². The van der Waals surface area contributed by atoms with Gasteiger partial charge in [0.15, 0.2) is 0 Å². The molecule has 92 valence electrons. The van der Waals surface area contributed by atoms with Crippen molar-refractivity contribution in [1.29, 1.82) is 0 Å². The van der Waals surface area contributed by atoms with Gasteiger partial charge in [-0.25, -0.2) is 0 Å². The van der Waals surface area contributed by atoms with Crippen LogP contribution in [0.15, 0.2) is 29.2 Å². The highest BCUT2D eigenvalue weighted by molar-refractivity contribution is 5.76. The van der Waals surface area contributed by atoms with Crippen LogP contribution < -0.4 is 10.9 Å². The van der Waals surface area contributed by atoms with Gasteiger partial charge in [-0.1, -0.05) is 6.07 Å². The number of rotatable bonds is 2. The molecule has 0 saturated carbocycles. The predicted molar refractivity (Wildman–Crippen MR) is 64.7 cm³/mol. The third kappa shape index (κ3) is 2.74. The Morgan fingerprint density at radius 3 is 3.06 bits per heavy atom. The second kappa shape index (κ2) is 5.14. The smallest absolute Gasteiger partial charge is 0.250 e. The number of hydrogen-bond donors (Lipinski definition) is 1. The molecule has 1 atom stereocenters. The molecule has 2 heterocycles. The summed E-state index contributed by atoms with van der Waals surface area (Å²) in [6, 6.07) is 5.09. The average molecular weight is 235 g/mol. The maximum absolute atomic E-state index is 12.1. The molecule has 1 aliphatic heterocycles. The third-order valence-corrected chi connectivity index (χ3v) is 3.03. The van der Waals surface area contributed by atoms with Gasteiger partial charge in [0.05, 0.1) is 0 Å². The van der Waals surface area contributed by atoms with E-state index in [1.807, 2.05) is 11.8 Å². The first-order valence-corrected chi connectivity index (χ1v) is 5.84. The average Bonchev–Trinajstić information content (AvgIpc) is 2.32. The normalized spacial score (nSPS) is 20.3. The van der Waals surface area contributed by atoms with Crippen LogP contribution in [0.3, 0.4) is 0 Å². The van der Waals surface area contributed by atoms with E-state index in [9.17, 15) is 9.59 Å². The topological polar surface area (TPSA) is 54.3 Å². The lowest BCUT2D eigenvalue weighted by Crippen LogP contribution is -2.53. The Morgan fingerprint density at radius 1 is 1.53 bits per heavy atom. The number of nitrogens with zero attached hydrogens (tertiary/aromatic N) is 2. The number of carbonyl (C=O) groups excluding carboxylic acids is 1. The number of nitrogens with one attached hydrogen (secondary N) is 1. The van der Waals surface area contributed by atoms with Crippen molar-refractivity contribution in [2.45, 2.75) is 19.5 Å². The first-order valence-electron chi connectivity index (χ1n) is 5.84. The highest BCUT2D eigenvalue weighted by Crippen LogP contribution is 2.03. The molecule has 0 aliphatic carbocycles. The van der Waals surface area contributed by atoms with Gasteiger partial charge in [0.1, 0.15) is 6.54 Å². The lowest BCUT2D eigenvalue weighted by Gasteiger charge is -2.34. The van der Waals surface area contributed by atoms with Gasteiger partial charge < -0.3 is 14.8 Å². The number of aromatic nitrogens is 1. The molecular weight excluding hydrogens is 218 g/mol. The van der Waals surface area contributed by atoms with Gasteiger partial charge in [-0.05, 0) is 13.0 Å². The Morgan fingerprint density at radius 2 is 2.35 bits per heavy atom. The third-order valence-electron chi connectivity index (χ3n) is 3.03. The summed E-state index contributed by atoms with van der Waals surface area (Å²) in [6.07, 6.45) is 1.65. The van der Waals surface area contributed by atoms with E-state index in [0.29, 0.717) is 6.54 Å². The molecule has 1 amide bonds. The lowest BCUT2D eigenvalue weighted by atomic mass is 10.2. The maximum Gasteiger partial charge on any atom is 0.250 e. The van der Waals surface area contributed by atoms with E-state index < -0.39 is 0 Å². The summed E-state index contributed by atoms with van der Waals surface area (Å²) in [4.78, 5) is 25.4. The van der Waals surface area contributed by atoms with E-state index in [-0.39, 0.29) is 24.1 Å². The van der Waals surface area contributed by atoms with Gasteiger partial charge in [0.2, 0.25) is 5.91 Å². The molecule has 17 heavy (non-hydrogen) atoms. The van der Waals surface area contributed by atoms with E-state index in [1.165, 1.54) is 10.6 Å². The minimum Gasteiger partial charge on any atom is -0.336 e. The zero-order valence-corrected chi connectivity index (χ0v) is 9.93. The van der Waals surface area contributed by atoms with Crippen LogP contribution in [0.25, 0.3) is 0 Å². The molecule has 1 saturated heterocycles. The summed E-state index contributed by atoms with van der Waals surface area (Å²) >= 11 is 0. The van der Waals surface area contributed by atoms with Crippen molar-refractivity contribution in [3.05, 3.63) is 34.7 Å². The van der Waals surface area contributed by atoms with Crippen LogP contribution in [-0.4, -0.2) is 41.1 Å². The summed E-state index contributed by atoms with van der Waals surface area (Å²) in [5, 5.41) is 3.23. The van der Waals surface area contributed by atoms with Crippen LogP contribution in [0.1, 0.15) is 6.92 Å². The highest BCUT2D eigenvalue weighted by atomic mass is 16.2. The molecule has 1 aliphatic rings. The molecule has 5 nitrogen and oxygen atoms in total. The number of hydrogen-bond acceptors (Lipinski definition) is 3. The monoisotopic (exact) mass is 235 g/mol. The zero-order valence-electron chi connectivity index (χ0n) is 9.93. The standard InChI is InChI=1S/C12H17N3O2/c1-10-8-13-5-7-15(10)12(17)9-14-6-3-2-4-11(14)16/h2-4,6,10,13H,5,7-9H2,1H3/t10-/m1/s1. The minimum atomic E-state index is -0.136. The summed E-state index contributed by atoms with van der Waals surface area (Å²) in [6.45, 7) is 4.48. The molecule has 1 fully saturated rings. The molecule has 1 aromatic rings. The van der Waals surface area contributed by atoms with E-state index in [1.54, 1.807) is 18.3 Å². The summed E-state index contributed by atoms with van der Waals surface area (Å²) in [5.74, 6) is 0.00676. The van der Waals surface area contributed by atoms with Crippen molar-refractivity contribution in [3.8, 4) is 0 Å². The van der Waals surface area contributed by atoms with Crippen molar-refractivity contribution in [2.75, 3.05) is 19.6 Å². The maximum atomic E-state index is 12.1. The molecule has 0 bridgehead atoms. The Kier molecular flexibility index (Phi) is 3.58. The lowest BCUT2D eigenvalue weighted by molar-refractivity contribution is -0.134. The second-order valence-corrected chi connectivity index (χ2v) is 4.31. The van der Waals surface area contributed by atoms with Gasteiger partial charge in [0.25, 0.3) is 5.56 Å². The van der Waals surface area contributed by atoms with Crippen LogP contribution in [0.5, 0.6) is 0 Å². The van der Waals surface area contributed by atoms with E-state index in [2.05, 4.69) is 5.32 Å².